The largest absolute Gasteiger partial charge is 0.256 e. The molecule has 0 aliphatic carbocycles. The van der Waals surface area contributed by atoms with Crippen molar-refractivity contribution in [2.75, 3.05) is 0 Å². The smallest absolute Gasteiger partial charge is 0.0794 e. The molecule has 0 amide bonds. The number of nitrogens with zero attached hydrogens (tertiary/aromatic N) is 2. The van der Waals surface area contributed by atoms with Crippen LogP contribution in [0.1, 0.15) is 5.69 Å². The van der Waals surface area contributed by atoms with E-state index in [1.54, 1.807) is 11.3 Å². The van der Waals surface area contributed by atoms with Gasteiger partial charge < -0.3 is 0 Å². The van der Waals surface area contributed by atoms with E-state index >= 15 is 0 Å². The van der Waals surface area contributed by atoms with Crippen molar-refractivity contribution in [3.05, 3.63) is 59.2 Å². The zero-order chi connectivity index (χ0) is 11.2. The van der Waals surface area contributed by atoms with Gasteiger partial charge in [-0.3, -0.25) is 9.97 Å². The van der Waals surface area contributed by atoms with Crippen LogP contribution in [0.15, 0.2) is 53.5 Å². The molecule has 2 nitrogen and oxygen atoms in total. The van der Waals surface area contributed by atoms with Crippen LogP contribution in [-0.4, -0.2) is 9.97 Å². The van der Waals surface area contributed by atoms with Gasteiger partial charge in [0.15, 0.2) is 0 Å². The van der Waals surface area contributed by atoms with Gasteiger partial charge in [0.25, 0.3) is 0 Å². The summed E-state index contributed by atoms with van der Waals surface area (Å²) in [6.45, 7) is 1.98. The van der Waals surface area contributed by atoms with E-state index in [2.05, 4.69) is 22.1 Å². The van der Waals surface area contributed by atoms with Gasteiger partial charge in [0.1, 0.15) is 0 Å². The number of hydrogen-bond acceptors (Lipinski definition) is 3. The van der Waals surface area contributed by atoms with Gasteiger partial charge in [0, 0.05) is 22.7 Å². The molecule has 0 unspecified atom stereocenters. The van der Waals surface area contributed by atoms with Gasteiger partial charge in [-0.2, -0.15) is 0 Å². The van der Waals surface area contributed by atoms with Crippen molar-refractivity contribution in [2.45, 2.75) is 6.92 Å². The predicted octanol–water partition coefficient (Wildman–Crippen LogP) is 3.69. The highest BCUT2D eigenvalue weighted by molar-refractivity contribution is 7.07. The summed E-state index contributed by atoms with van der Waals surface area (Å²) < 4.78 is 0. The lowest BCUT2D eigenvalue weighted by molar-refractivity contribution is 1.27. The minimum Gasteiger partial charge on any atom is -0.256 e. The Morgan fingerprint density at radius 2 is 1.81 bits per heavy atom. The van der Waals surface area contributed by atoms with E-state index < -0.39 is 0 Å². The normalized spacial score (nSPS) is 9.56. The molecule has 16 heavy (non-hydrogen) atoms. The third kappa shape index (κ3) is 2.87. The molecule has 3 aromatic rings. The van der Waals surface area contributed by atoms with Gasteiger partial charge >= 0.3 is 0 Å². The van der Waals surface area contributed by atoms with E-state index in [9.17, 15) is 0 Å². The Hall–Kier alpha value is -1.74. The predicted molar refractivity (Wildman–Crippen MR) is 68.6 cm³/mol. The number of rotatable bonds is 0. The molecule has 2 heterocycles. The molecule has 3 rings (SSSR count). The second kappa shape index (κ2) is 5.37. The maximum absolute atomic E-state index is 4.18. The zero-order valence-corrected chi connectivity index (χ0v) is 9.82. The molecule has 0 atom stereocenters. The summed E-state index contributed by atoms with van der Waals surface area (Å²) in [6, 6.07) is 12.1. The molecule has 0 saturated heterocycles. The third-order valence-corrected chi connectivity index (χ3v) is 2.77. The van der Waals surface area contributed by atoms with Gasteiger partial charge in [-0.15, -0.1) is 11.3 Å². The van der Waals surface area contributed by atoms with Crippen LogP contribution in [0.3, 0.4) is 0 Å². The van der Waals surface area contributed by atoms with Crippen LogP contribution in [0.2, 0.25) is 0 Å². The highest BCUT2D eigenvalue weighted by Crippen LogP contribution is 2.07. The molecule has 0 aliphatic heterocycles. The first-order valence-corrected chi connectivity index (χ1v) is 5.95. The number of pyridine rings is 1. The molecule has 3 heteroatoms. The molecule has 80 valence electrons. The van der Waals surface area contributed by atoms with Crippen LogP contribution in [-0.2, 0) is 0 Å². The number of fused-ring (bicyclic) bond motifs is 1. The Kier molecular flexibility index (Phi) is 3.62. The summed E-state index contributed by atoms with van der Waals surface area (Å²) in [7, 11) is 0. The first-order chi connectivity index (χ1) is 7.86. The fourth-order valence-corrected chi connectivity index (χ4v) is 1.83. The van der Waals surface area contributed by atoms with E-state index in [1.165, 1.54) is 5.39 Å². The van der Waals surface area contributed by atoms with Crippen molar-refractivity contribution in [3.63, 3.8) is 0 Å². The molecule has 0 N–H and O–H groups in total. The second-order valence-electron chi connectivity index (χ2n) is 3.33. The Labute approximate surface area is 98.6 Å². The molecule has 0 radical (unpaired) electrons. The molecule has 1 aromatic carbocycles. The van der Waals surface area contributed by atoms with Crippen molar-refractivity contribution in [1.29, 1.82) is 0 Å². The number of aromatic nitrogens is 2. The zero-order valence-electron chi connectivity index (χ0n) is 9.00. The SMILES string of the molecule is Cc1cscn1.c1ccc2ncccc2c1. The number of hydrogen-bond donors (Lipinski definition) is 0. The maximum Gasteiger partial charge on any atom is 0.0794 e. The molecule has 0 aliphatic rings. The lowest BCUT2D eigenvalue weighted by Crippen LogP contribution is -1.73. The molecule has 2 aromatic heterocycles. The number of benzene rings is 1. The van der Waals surface area contributed by atoms with Gasteiger partial charge in [0.05, 0.1) is 11.0 Å². The van der Waals surface area contributed by atoms with Crippen LogP contribution in [0.5, 0.6) is 0 Å². The van der Waals surface area contributed by atoms with Crippen LogP contribution in [0.4, 0.5) is 0 Å². The van der Waals surface area contributed by atoms with Crippen LogP contribution in [0.25, 0.3) is 10.9 Å². The Bertz CT molecular complexity index is 481. The van der Waals surface area contributed by atoms with Gasteiger partial charge in [0.2, 0.25) is 0 Å². The summed E-state index contributed by atoms with van der Waals surface area (Å²) in [6.07, 6.45) is 1.81. The molecule has 0 spiro atoms. The number of thiazole rings is 1. The van der Waals surface area contributed by atoms with Gasteiger partial charge in [-0.25, -0.2) is 0 Å². The summed E-state index contributed by atoms with van der Waals surface area (Å²) in [5, 5.41) is 3.21. The van der Waals surface area contributed by atoms with Crippen molar-refractivity contribution in [2.24, 2.45) is 0 Å². The first-order valence-electron chi connectivity index (χ1n) is 5.01. The molecule has 0 fully saturated rings. The maximum atomic E-state index is 4.18. The fourth-order valence-electron chi connectivity index (χ4n) is 1.29. The van der Waals surface area contributed by atoms with E-state index in [4.69, 9.17) is 0 Å². The summed E-state index contributed by atoms with van der Waals surface area (Å²) in [4.78, 5) is 8.12. The monoisotopic (exact) mass is 228 g/mol. The lowest BCUT2D eigenvalue weighted by atomic mass is 10.2. The minimum atomic E-state index is 1.06. The topological polar surface area (TPSA) is 25.8 Å². The minimum absolute atomic E-state index is 1.06. The highest BCUT2D eigenvalue weighted by Gasteiger charge is 1.86. The van der Waals surface area contributed by atoms with Crippen molar-refractivity contribution in [3.8, 4) is 0 Å². The summed E-state index contributed by atoms with van der Waals surface area (Å²) in [5.74, 6) is 0. The summed E-state index contributed by atoms with van der Waals surface area (Å²) in [5.41, 5.74) is 4.00. The standard InChI is InChI=1S/C9H7N.C4H5NS/c1-2-6-9-8(4-1)5-3-7-10-9;1-4-2-6-3-5-4/h1-7H;2-3H,1H3. The number of aryl methyl sites for hydroxylation is 1. The van der Waals surface area contributed by atoms with Crippen LogP contribution < -0.4 is 0 Å². The van der Waals surface area contributed by atoms with Gasteiger partial charge in [-0.1, -0.05) is 24.3 Å². The lowest BCUT2D eigenvalue weighted by Gasteiger charge is -1.91. The number of para-hydroxylation sites is 1. The summed E-state index contributed by atoms with van der Waals surface area (Å²) >= 11 is 1.63. The Morgan fingerprint density at radius 1 is 1.00 bits per heavy atom. The van der Waals surface area contributed by atoms with Crippen molar-refractivity contribution >= 4 is 22.2 Å². The third-order valence-electron chi connectivity index (χ3n) is 2.07. The van der Waals surface area contributed by atoms with Crippen LogP contribution >= 0.6 is 11.3 Å². The van der Waals surface area contributed by atoms with E-state index in [0.29, 0.717) is 0 Å². The quantitative estimate of drug-likeness (QED) is 0.586. The van der Waals surface area contributed by atoms with E-state index in [-0.39, 0.29) is 0 Å². The Balaban J connectivity index is 0.000000138. The van der Waals surface area contributed by atoms with Crippen molar-refractivity contribution < 1.29 is 0 Å². The Morgan fingerprint density at radius 3 is 2.44 bits per heavy atom. The fraction of sp³-hybridized carbons (Fsp3) is 0.0769. The van der Waals surface area contributed by atoms with Crippen LogP contribution in [0, 0.1) is 6.92 Å². The first kappa shape index (κ1) is 10.8. The average molecular weight is 228 g/mol. The highest BCUT2D eigenvalue weighted by atomic mass is 32.1. The average Bonchev–Trinajstić information content (AvgIpc) is 2.81. The van der Waals surface area contributed by atoms with E-state index in [0.717, 1.165) is 11.2 Å². The van der Waals surface area contributed by atoms with E-state index in [1.807, 2.05) is 48.3 Å². The molecular formula is C13H12N2S. The molecule has 0 bridgehead atoms. The van der Waals surface area contributed by atoms with Crippen molar-refractivity contribution in [1.82, 2.24) is 9.97 Å². The second-order valence-corrected chi connectivity index (χ2v) is 4.04. The molecular weight excluding hydrogens is 216 g/mol. The molecule has 0 saturated carbocycles. The van der Waals surface area contributed by atoms with Gasteiger partial charge in [-0.05, 0) is 19.1 Å².